The number of halogens is 4. The van der Waals surface area contributed by atoms with E-state index in [1.54, 1.807) is 26.0 Å². The van der Waals surface area contributed by atoms with E-state index in [1.807, 2.05) is 29.2 Å². The average Bonchev–Trinajstić information content (AvgIpc) is 3.23. The van der Waals surface area contributed by atoms with Gasteiger partial charge in [-0.1, -0.05) is 18.6 Å². The van der Waals surface area contributed by atoms with Gasteiger partial charge in [-0.3, -0.25) is 0 Å². The molecule has 2 saturated carbocycles. The number of aromatic nitrogens is 4. The largest absolute Gasteiger partial charge is 0.462 e. The zero-order valence-electron chi connectivity index (χ0n) is 34.0. The van der Waals surface area contributed by atoms with Gasteiger partial charge in [0.05, 0.1) is 62.1 Å². The Bertz CT molecular complexity index is 2010. The summed E-state index contributed by atoms with van der Waals surface area (Å²) in [5.41, 5.74) is 10.2. The monoisotopic (exact) mass is 871 g/mol. The zero-order chi connectivity index (χ0) is 41.8. The molecule has 4 heterocycles. The molecule has 8 rings (SSSR count). The Hall–Kier alpha value is -4.54. The second kappa shape index (κ2) is 21.8. The lowest BCUT2D eigenvalue weighted by Crippen LogP contribution is -2.43. The summed E-state index contributed by atoms with van der Waals surface area (Å²) in [5, 5.41) is 0.114. The van der Waals surface area contributed by atoms with Gasteiger partial charge in [0.15, 0.2) is 0 Å². The fraction of sp³-hybridized carbons (Fsp3) is 0.488. The summed E-state index contributed by atoms with van der Waals surface area (Å²) in [6.07, 6.45) is 12.7. The van der Waals surface area contributed by atoms with Gasteiger partial charge in [0.2, 0.25) is 5.28 Å². The third-order valence-corrected chi connectivity index (χ3v) is 11.4. The van der Waals surface area contributed by atoms with E-state index in [9.17, 15) is 18.4 Å². The first-order valence-corrected chi connectivity index (χ1v) is 20.6. The smallest absolute Gasteiger partial charge is 0.341 e. The van der Waals surface area contributed by atoms with Crippen molar-refractivity contribution in [1.29, 1.82) is 0 Å². The number of anilines is 2. The Labute approximate surface area is 360 Å². The van der Waals surface area contributed by atoms with Crippen LogP contribution in [0.2, 0.25) is 5.28 Å². The molecule has 324 valence electrons. The maximum Gasteiger partial charge on any atom is 0.341 e. The van der Waals surface area contributed by atoms with E-state index in [4.69, 9.17) is 36.3 Å². The molecule has 2 aromatic heterocycles. The van der Waals surface area contributed by atoms with E-state index >= 15 is 0 Å². The molecular formula is C43H53Cl2F2N7O6. The molecule has 0 atom stereocenters. The van der Waals surface area contributed by atoms with Crippen molar-refractivity contribution in [2.45, 2.75) is 69.7 Å². The van der Waals surface area contributed by atoms with Crippen LogP contribution in [0.4, 0.5) is 20.2 Å². The summed E-state index contributed by atoms with van der Waals surface area (Å²) in [7, 11) is 0. The fourth-order valence-electron chi connectivity index (χ4n) is 7.48. The lowest BCUT2D eigenvalue weighted by molar-refractivity contribution is 0.0515. The van der Waals surface area contributed by atoms with Crippen molar-refractivity contribution in [2.24, 2.45) is 5.73 Å². The number of rotatable bonds is 10. The molecule has 0 bridgehead atoms. The summed E-state index contributed by atoms with van der Waals surface area (Å²) in [6, 6.07) is 10.8. The molecule has 2 saturated heterocycles. The summed E-state index contributed by atoms with van der Waals surface area (Å²) in [4.78, 5) is 43.0. The zero-order valence-corrected chi connectivity index (χ0v) is 35.6. The third-order valence-electron chi connectivity index (χ3n) is 11.2. The molecule has 13 nitrogen and oxygen atoms in total. The summed E-state index contributed by atoms with van der Waals surface area (Å²) >= 11 is 5.42. The molecule has 2 aliphatic heterocycles. The quantitative estimate of drug-likeness (QED) is 0.128. The Morgan fingerprint density at radius 1 is 0.717 bits per heavy atom. The number of nitrogens with two attached hydrogens (primary N) is 1. The van der Waals surface area contributed by atoms with E-state index < -0.39 is 11.9 Å². The van der Waals surface area contributed by atoms with Crippen molar-refractivity contribution in [3.8, 4) is 0 Å². The standard InChI is InChI=1S/C22H26FN3O3.C14H19FN2O.C7H7ClN2O2.ClH/c1-2-29-21(27)16-14-24-20(25-15-16)13-22(6-3-7-22)17-4-5-18(23)19(12-17)26-8-10-28-11-9-26;15-12-3-2-11(14(16)4-1-5-14)10-13(12)17-6-8-18-9-7-17;1-2-12-6(11)5-3-9-7(8)10-4-5;/h4-5,12,14-15H,2-3,6-11,13H2,1H3;2-3,10H,1,4-9,16H2;3-4H,2H2,1H3;1H. The minimum absolute atomic E-state index is 0. The van der Waals surface area contributed by atoms with Crippen LogP contribution in [0.5, 0.6) is 0 Å². The first-order valence-electron chi connectivity index (χ1n) is 20.2. The minimum atomic E-state index is -0.436. The van der Waals surface area contributed by atoms with E-state index in [1.165, 1.54) is 31.2 Å². The van der Waals surface area contributed by atoms with Gasteiger partial charge in [0, 0.05) is 68.3 Å². The molecule has 4 aliphatic rings. The van der Waals surface area contributed by atoms with Crippen LogP contribution in [0.3, 0.4) is 0 Å². The Morgan fingerprint density at radius 3 is 1.57 bits per heavy atom. The summed E-state index contributed by atoms with van der Waals surface area (Å²) in [6.45, 7) is 9.62. The highest BCUT2D eigenvalue weighted by Crippen LogP contribution is 2.47. The van der Waals surface area contributed by atoms with Crippen LogP contribution in [0.25, 0.3) is 0 Å². The molecular weight excluding hydrogens is 819 g/mol. The van der Waals surface area contributed by atoms with Crippen molar-refractivity contribution in [3.05, 3.63) is 106 Å². The van der Waals surface area contributed by atoms with E-state index in [-0.39, 0.29) is 40.3 Å². The first kappa shape index (κ1) is 46.5. The van der Waals surface area contributed by atoms with Gasteiger partial charge < -0.3 is 34.5 Å². The molecule has 2 N–H and O–H groups in total. The lowest BCUT2D eigenvalue weighted by Gasteiger charge is -2.43. The molecule has 2 aromatic carbocycles. The van der Waals surface area contributed by atoms with E-state index in [2.05, 4.69) is 24.8 Å². The molecule has 4 aromatic rings. The van der Waals surface area contributed by atoms with Crippen LogP contribution in [0.15, 0.2) is 61.2 Å². The second-order valence-corrected chi connectivity index (χ2v) is 15.3. The highest BCUT2D eigenvalue weighted by molar-refractivity contribution is 6.28. The number of carbonyl (C=O) groups is 2. The minimum Gasteiger partial charge on any atom is -0.462 e. The van der Waals surface area contributed by atoms with Gasteiger partial charge in [-0.15, -0.1) is 12.4 Å². The van der Waals surface area contributed by atoms with Gasteiger partial charge in [0.1, 0.15) is 17.5 Å². The number of morpholine rings is 2. The number of ether oxygens (including phenoxy) is 4. The predicted molar refractivity (Wildman–Crippen MR) is 226 cm³/mol. The number of hydrogen-bond acceptors (Lipinski definition) is 13. The topological polar surface area (TPSA) is 155 Å². The van der Waals surface area contributed by atoms with Crippen LogP contribution >= 0.6 is 24.0 Å². The second-order valence-electron chi connectivity index (χ2n) is 14.9. The van der Waals surface area contributed by atoms with Crippen LogP contribution in [-0.4, -0.2) is 97.7 Å². The number of esters is 2. The molecule has 0 radical (unpaired) electrons. The molecule has 0 amide bonds. The van der Waals surface area contributed by atoms with Gasteiger partial charge in [0.25, 0.3) is 0 Å². The van der Waals surface area contributed by atoms with Crippen LogP contribution < -0.4 is 15.5 Å². The number of nitrogens with zero attached hydrogens (tertiary/aromatic N) is 6. The maximum absolute atomic E-state index is 14.5. The van der Waals surface area contributed by atoms with Gasteiger partial charge in [-0.05, 0) is 92.9 Å². The highest BCUT2D eigenvalue weighted by Gasteiger charge is 2.40. The van der Waals surface area contributed by atoms with Crippen LogP contribution in [-0.2, 0) is 36.3 Å². The average molecular weight is 873 g/mol. The fourth-order valence-corrected chi connectivity index (χ4v) is 7.57. The van der Waals surface area contributed by atoms with Crippen molar-refractivity contribution in [1.82, 2.24) is 19.9 Å². The normalized spacial score (nSPS) is 17.5. The van der Waals surface area contributed by atoms with Crippen LogP contribution in [0.1, 0.15) is 90.0 Å². The molecule has 2 aliphatic carbocycles. The van der Waals surface area contributed by atoms with Gasteiger partial charge >= 0.3 is 11.9 Å². The van der Waals surface area contributed by atoms with Crippen molar-refractivity contribution in [3.63, 3.8) is 0 Å². The lowest BCUT2D eigenvalue weighted by atomic mass is 9.62. The summed E-state index contributed by atoms with van der Waals surface area (Å²) in [5.74, 6) is -0.515. The highest BCUT2D eigenvalue weighted by atomic mass is 35.5. The van der Waals surface area contributed by atoms with E-state index in [0.29, 0.717) is 87.5 Å². The number of hydrogen-bond donors (Lipinski definition) is 1. The number of benzene rings is 2. The molecule has 0 spiro atoms. The summed E-state index contributed by atoms with van der Waals surface area (Å²) < 4.78 is 48.9. The van der Waals surface area contributed by atoms with Crippen molar-refractivity contribution in [2.75, 3.05) is 75.6 Å². The van der Waals surface area contributed by atoms with Crippen molar-refractivity contribution < 1.29 is 37.3 Å². The van der Waals surface area contributed by atoms with Crippen molar-refractivity contribution >= 4 is 47.3 Å². The number of carbonyl (C=O) groups excluding carboxylic acids is 2. The maximum atomic E-state index is 14.5. The van der Waals surface area contributed by atoms with Crippen LogP contribution in [0, 0.1) is 11.6 Å². The molecule has 0 unspecified atom stereocenters. The molecule has 60 heavy (non-hydrogen) atoms. The Balaban J connectivity index is 0.000000188. The van der Waals surface area contributed by atoms with Gasteiger partial charge in [-0.2, -0.15) is 0 Å². The molecule has 4 fully saturated rings. The first-order chi connectivity index (χ1) is 28.5. The molecule has 17 heteroatoms. The Kier molecular flexibility index (Phi) is 16.9. The van der Waals surface area contributed by atoms with Gasteiger partial charge in [-0.25, -0.2) is 38.3 Å². The van der Waals surface area contributed by atoms with E-state index in [0.717, 1.165) is 56.3 Å². The Morgan fingerprint density at radius 2 is 1.15 bits per heavy atom. The SMILES string of the molecule is CCOC(=O)c1cnc(CC2(c3ccc(F)c(N4CCOCC4)c3)CCC2)nc1.CCOC(=O)c1cnc(Cl)nc1.Cl.NC1(c2ccc(F)c(N3CCOCC3)c2)CCC1. The predicted octanol–water partition coefficient (Wildman–Crippen LogP) is 7.02. The third kappa shape index (κ3) is 11.6.